The van der Waals surface area contributed by atoms with E-state index < -0.39 is 17.8 Å². The molecular weight excluding hydrogens is 373 g/mol. The van der Waals surface area contributed by atoms with Crippen molar-refractivity contribution in [2.24, 2.45) is 0 Å². The summed E-state index contributed by atoms with van der Waals surface area (Å²) in [5, 5.41) is 2.85. The lowest BCUT2D eigenvalue weighted by atomic mass is 9.93. The summed E-state index contributed by atoms with van der Waals surface area (Å²) in [6.07, 6.45) is -0.733. The van der Waals surface area contributed by atoms with E-state index in [4.69, 9.17) is 4.74 Å². The van der Waals surface area contributed by atoms with Crippen molar-refractivity contribution in [2.75, 3.05) is 0 Å². The Morgan fingerprint density at radius 2 is 1.75 bits per heavy atom. The van der Waals surface area contributed by atoms with E-state index in [9.17, 15) is 18.0 Å². The smallest absolute Gasteiger partial charge is 0.433 e. The number of halogens is 3. The van der Waals surface area contributed by atoms with Gasteiger partial charge >= 0.3 is 12.2 Å². The van der Waals surface area contributed by atoms with Gasteiger partial charge in [0.05, 0.1) is 5.56 Å². The Morgan fingerprint density at radius 1 is 1.11 bits per heavy atom. The summed E-state index contributed by atoms with van der Waals surface area (Å²) in [6.45, 7) is 3.76. The largest absolute Gasteiger partial charge is 0.460 e. The molecule has 28 heavy (non-hydrogen) atoms. The van der Waals surface area contributed by atoms with Crippen LogP contribution >= 0.6 is 0 Å². The van der Waals surface area contributed by atoms with Gasteiger partial charge in [0.1, 0.15) is 11.8 Å². The zero-order valence-corrected chi connectivity index (χ0v) is 15.6. The van der Waals surface area contributed by atoms with Crippen molar-refractivity contribution in [3.05, 3.63) is 47.0 Å². The van der Waals surface area contributed by atoms with Crippen LogP contribution in [0.25, 0.3) is 0 Å². The number of nitrogens with one attached hydrogen (secondary N) is 1. The Bertz CT molecular complexity index is 812. The van der Waals surface area contributed by atoms with Gasteiger partial charge in [0, 0.05) is 23.6 Å². The number of hydrogen-bond acceptors (Lipinski definition) is 5. The molecule has 1 amide bonds. The molecule has 0 atom stereocenters. The Hall–Kier alpha value is -2.71. The van der Waals surface area contributed by atoms with E-state index in [1.165, 1.54) is 0 Å². The quantitative estimate of drug-likeness (QED) is 0.857. The molecule has 0 aliphatic heterocycles. The van der Waals surface area contributed by atoms with Crippen LogP contribution < -0.4 is 10.1 Å². The van der Waals surface area contributed by atoms with Crippen molar-refractivity contribution < 1.29 is 22.7 Å². The molecular formula is C19H21F3N4O2. The van der Waals surface area contributed by atoms with E-state index in [1.54, 1.807) is 0 Å². The van der Waals surface area contributed by atoms with Gasteiger partial charge in [0.25, 0.3) is 5.91 Å². The second-order valence-corrected chi connectivity index (χ2v) is 6.93. The maximum Gasteiger partial charge on any atom is 0.433 e. The first-order valence-electron chi connectivity index (χ1n) is 9.04. The molecule has 2 aromatic rings. The van der Waals surface area contributed by atoms with Crippen molar-refractivity contribution in [3.8, 4) is 6.01 Å². The molecule has 150 valence electrons. The molecule has 0 unspecified atom stereocenters. The van der Waals surface area contributed by atoms with Gasteiger partial charge in [0.2, 0.25) is 0 Å². The number of carbonyl (C=O) groups is 1. The van der Waals surface area contributed by atoms with Crippen LogP contribution in [0.15, 0.2) is 24.4 Å². The SMILES string of the molecule is Cc1cc(C)nc(OC2CCC(NC(=O)c3ccc(C(F)(F)F)nc3)CC2)n1. The van der Waals surface area contributed by atoms with Crippen molar-refractivity contribution >= 4 is 5.91 Å². The maximum absolute atomic E-state index is 12.5. The number of aryl methyl sites for hydroxylation is 2. The first kappa shape index (κ1) is 20.0. The van der Waals surface area contributed by atoms with Crippen molar-refractivity contribution in [1.29, 1.82) is 0 Å². The van der Waals surface area contributed by atoms with Crippen LogP contribution in [-0.2, 0) is 6.18 Å². The highest BCUT2D eigenvalue weighted by molar-refractivity contribution is 5.94. The number of hydrogen-bond donors (Lipinski definition) is 1. The van der Waals surface area contributed by atoms with Gasteiger partial charge in [0.15, 0.2) is 0 Å². The maximum atomic E-state index is 12.5. The summed E-state index contributed by atoms with van der Waals surface area (Å²) in [6, 6.07) is 4.12. The lowest BCUT2D eigenvalue weighted by molar-refractivity contribution is -0.141. The Morgan fingerprint density at radius 3 is 2.29 bits per heavy atom. The minimum absolute atomic E-state index is 0.0258. The van der Waals surface area contributed by atoms with E-state index >= 15 is 0 Å². The average Bonchev–Trinajstić information content (AvgIpc) is 2.62. The van der Waals surface area contributed by atoms with Gasteiger partial charge < -0.3 is 10.1 Å². The zero-order chi connectivity index (χ0) is 20.3. The Kier molecular flexibility index (Phi) is 5.81. The van der Waals surface area contributed by atoms with E-state index in [0.717, 1.165) is 42.6 Å². The number of ether oxygens (including phenoxy) is 1. The summed E-state index contributed by atoms with van der Waals surface area (Å²) in [7, 11) is 0. The van der Waals surface area contributed by atoms with E-state index in [-0.39, 0.29) is 17.7 Å². The van der Waals surface area contributed by atoms with Crippen LogP contribution in [0.4, 0.5) is 13.2 Å². The molecule has 0 radical (unpaired) electrons. The summed E-state index contributed by atoms with van der Waals surface area (Å²) in [4.78, 5) is 24.1. The van der Waals surface area contributed by atoms with E-state index in [1.807, 2.05) is 19.9 Å². The molecule has 1 aliphatic rings. The van der Waals surface area contributed by atoms with Gasteiger partial charge in [-0.25, -0.2) is 9.97 Å². The third-order valence-electron chi connectivity index (χ3n) is 4.56. The molecule has 0 aromatic carbocycles. The van der Waals surface area contributed by atoms with Gasteiger partial charge in [-0.2, -0.15) is 13.2 Å². The highest BCUT2D eigenvalue weighted by Gasteiger charge is 2.32. The molecule has 9 heteroatoms. The number of aromatic nitrogens is 3. The standard InChI is InChI=1S/C19H21F3N4O2/c1-11-9-12(2)25-18(24-11)28-15-6-4-14(5-7-15)26-17(27)13-3-8-16(23-10-13)19(20,21)22/h3,8-10,14-15H,4-7H2,1-2H3,(H,26,27). The predicted molar refractivity (Wildman–Crippen MR) is 94.9 cm³/mol. The second kappa shape index (κ2) is 8.12. The molecule has 2 heterocycles. The topological polar surface area (TPSA) is 77.0 Å². The molecule has 0 saturated heterocycles. The highest BCUT2D eigenvalue weighted by atomic mass is 19.4. The lowest BCUT2D eigenvalue weighted by Crippen LogP contribution is -2.39. The van der Waals surface area contributed by atoms with Crippen LogP contribution in [0.5, 0.6) is 6.01 Å². The average molecular weight is 394 g/mol. The van der Waals surface area contributed by atoms with Gasteiger partial charge in [-0.05, 0) is 57.7 Å². The summed E-state index contributed by atoms with van der Waals surface area (Å²) >= 11 is 0. The Labute approximate surface area is 160 Å². The summed E-state index contributed by atoms with van der Waals surface area (Å²) < 4.78 is 43.5. The van der Waals surface area contributed by atoms with Crippen molar-refractivity contribution in [1.82, 2.24) is 20.3 Å². The molecule has 1 aliphatic carbocycles. The zero-order valence-electron chi connectivity index (χ0n) is 15.6. The number of amides is 1. The van der Waals surface area contributed by atoms with E-state index in [2.05, 4.69) is 20.3 Å². The van der Waals surface area contributed by atoms with Crippen molar-refractivity contribution in [2.45, 2.75) is 57.9 Å². The highest BCUT2D eigenvalue weighted by Crippen LogP contribution is 2.27. The molecule has 3 rings (SSSR count). The fourth-order valence-electron chi connectivity index (χ4n) is 3.18. The minimum Gasteiger partial charge on any atom is -0.460 e. The first-order valence-corrected chi connectivity index (χ1v) is 9.04. The third-order valence-corrected chi connectivity index (χ3v) is 4.56. The summed E-state index contributed by atoms with van der Waals surface area (Å²) in [5.74, 6) is -0.428. The first-order chi connectivity index (χ1) is 13.2. The fraction of sp³-hybridized carbons (Fsp3) is 0.474. The van der Waals surface area contributed by atoms with Crippen LogP contribution in [0.3, 0.4) is 0 Å². The third kappa shape index (κ3) is 5.17. The van der Waals surface area contributed by atoms with Gasteiger partial charge in [-0.3, -0.25) is 9.78 Å². The fourth-order valence-corrected chi connectivity index (χ4v) is 3.18. The molecule has 0 bridgehead atoms. The van der Waals surface area contributed by atoms with Crippen molar-refractivity contribution in [3.63, 3.8) is 0 Å². The summed E-state index contributed by atoms with van der Waals surface area (Å²) in [5.41, 5.74) is 0.771. The number of rotatable bonds is 4. The van der Waals surface area contributed by atoms with Crippen LogP contribution in [0.1, 0.15) is 53.1 Å². The molecule has 2 aromatic heterocycles. The molecule has 1 saturated carbocycles. The monoisotopic (exact) mass is 394 g/mol. The molecule has 1 fully saturated rings. The van der Waals surface area contributed by atoms with E-state index in [0.29, 0.717) is 18.9 Å². The number of alkyl halides is 3. The normalized spacial score (nSPS) is 19.9. The van der Waals surface area contributed by atoms with Crippen LogP contribution in [-0.4, -0.2) is 33.0 Å². The molecule has 1 N–H and O–H groups in total. The number of pyridine rings is 1. The predicted octanol–water partition coefficient (Wildman–Crippen LogP) is 3.63. The number of carbonyl (C=O) groups excluding carboxylic acids is 1. The Balaban J connectivity index is 1.50. The minimum atomic E-state index is -4.52. The molecule has 6 nitrogen and oxygen atoms in total. The van der Waals surface area contributed by atoms with Crippen LogP contribution in [0.2, 0.25) is 0 Å². The van der Waals surface area contributed by atoms with Gasteiger partial charge in [-0.15, -0.1) is 0 Å². The lowest BCUT2D eigenvalue weighted by Gasteiger charge is -2.29. The van der Waals surface area contributed by atoms with Crippen LogP contribution in [0, 0.1) is 13.8 Å². The number of nitrogens with zero attached hydrogens (tertiary/aromatic N) is 3. The second-order valence-electron chi connectivity index (χ2n) is 6.93. The molecule has 0 spiro atoms. The van der Waals surface area contributed by atoms with Gasteiger partial charge in [-0.1, -0.05) is 0 Å².